The van der Waals surface area contributed by atoms with E-state index in [4.69, 9.17) is 9.26 Å². The molecule has 222 valence electrons. The van der Waals surface area contributed by atoms with Crippen LogP contribution in [0.4, 0.5) is 4.39 Å². The van der Waals surface area contributed by atoms with Crippen molar-refractivity contribution in [2.75, 3.05) is 32.7 Å². The number of aromatic nitrogens is 2. The van der Waals surface area contributed by atoms with Gasteiger partial charge in [-0.15, -0.1) is 6.58 Å². The van der Waals surface area contributed by atoms with Gasteiger partial charge in [-0.25, -0.2) is 9.82 Å². The summed E-state index contributed by atoms with van der Waals surface area (Å²) in [4.78, 5) is 21.2. The largest absolute Gasteiger partial charge is 0.507 e. The minimum atomic E-state index is -0.300. The van der Waals surface area contributed by atoms with Crippen molar-refractivity contribution in [1.29, 1.82) is 0 Å². The van der Waals surface area contributed by atoms with E-state index in [2.05, 4.69) is 37.0 Å². The molecule has 1 aliphatic rings. The summed E-state index contributed by atoms with van der Waals surface area (Å²) >= 11 is 0. The molecule has 0 radical (unpaired) electrons. The summed E-state index contributed by atoms with van der Waals surface area (Å²) in [6.07, 6.45) is 3.70. The van der Waals surface area contributed by atoms with Gasteiger partial charge in [-0.05, 0) is 47.9 Å². The molecule has 1 aromatic heterocycles. The third kappa shape index (κ3) is 8.34. The molecule has 11 heteroatoms. The Hall–Kier alpha value is -4.87. The van der Waals surface area contributed by atoms with Crippen molar-refractivity contribution in [2.24, 2.45) is 5.10 Å². The average Bonchev–Trinajstić information content (AvgIpc) is 3.48. The highest BCUT2D eigenvalue weighted by atomic mass is 19.1. The number of phenols is 1. The summed E-state index contributed by atoms with van der Waals surface area (Å²) in [5, 5.41) is 18.4. The third-order valence-corrected chi connectivity index (χ3v) is 7.00. The molecule has 0 bridgehead atoms. The van der Waals surface area contributed by atoms with Crippen molar-refractivity contribution in [2.45, 2.75) is 19.6 Å². The molecule has 5 rings (SSSR count). The van der Waals surface area contributed by atoms with Crippen LogP contribution in [0.1, 0.15) is 22.6 Å². The number of piperazine rings is 1. The van der Waals surface area contributed by atoms with E-state index in [0.29, 0.717) is 55.7 Å². The molecule has 0 unspecified atom stereocenters. The van der Waals surface area contributed by atoms with Gasteiger partial charge in [0.15, 0.2) is 0 Å². The van der Waals surface area contributed by atoms with Crippen molar-refractivity contribution >= 4 is 12.1 Å². The monoisotopic (exact) mass is 584 g/mol. The third-order valence-electron chi connectivity index (χ3n) is 7.00. The topological polar surface area (TPSA) is 116 Å². The fourth-order valence-electron chi connectivity index (χ4n) is 4.63. The first-order chi connectivity index (χ1) is 21.0. The number of hydrogen-bond acceptors (Lipinski definition) is 9. The predicted molar refractivity (Wildman–Crippen MR) is 160 cm³/mol. The van der Waals surface area contributed by atoms with Gasteiger partial charge in [0, 0.05) is 37.3 Å². The molecule has 0 atom stereocenters. The van der Waals surface area contributed by atoms with Gasteiger partial charge >= 0.3 is 0 Å². The van der Waals surface area contributed by atoms with Crippen LogP contribution >= 0.6 is 0 Å². The number of carbonyl (C=O) groups excluding carboxylic acids is 1. The number of allylic oxidation sites excluding steroid dienone is 1. The Morgan fingerprint density at radius 2 is 1.81 bits per heavy atom. The van der Waals surface area contributed by atoms with Crippen molar-refractivity contribution in [1.82, 2.24) is 25.4 Å². The van der Waals surface area contributed by atoms with Gasteiger partial charge in [0.25, 0.3) is 5.91 Å². The number of hydrogen-bond donors (Lipinski definition) is 2. The Labute approximate surface area is 249 Å². The Morgan fingerprint density at radius 3 is 2.56 bits per heavy atom. The maximum atomic E-state index is 13.1. The number of halogens is 1. The number of nitrogens with zero attached hydrogens (tertiary/aromatic N) is 5. The van der Waals surface area contributed by atoms with Crippen LogP contribution in [-0.4, -0.2) is 69.9 Å². The number of phenolic OH excluding ortho intramolecular Hbond substituents is 1. The number of carbonyl (C=O) groups is 1. The molecule has 4 aromatic rings. The summed E-state index contributed by atoms with van der Waals surface area (Å²) in [6.45, 7) is 7.73. The number of amides is 1. The number of aromatic hydroxyl groups is 1. The number of benzene rings is 3. The van der Waals surface area contributed by atoms with Crippen LogP contribution in [0, 0.1) is 5.82 Å². The smallest absolute Gasteiger partial charge is 0.254 e. The zero-order valence-corrected chi connectivity index (χ0v) is 23.7. The number of ether oxygens (including phenoxy) is 1. The van der Waals surface area contributed by atoms with E-state index >= 15 is 0 Å². The highest BCUT2D eigenvalue weighted by Crippen LogP contribution is 2.22. The van der Waals surface area contributed by atoms with E-state index < -0.39 is 0 Å². The van der Waals surface area contributed by atoms with Crippen molar-refractivity contribution in [3.8, 4) is 22.9 Å². The molecule has 2 N–H and O–H groups in total. The van der Waals surface area contributed by atoms with E-state index in [9.17, 15) is 14.3 Å². The zero-order chi connectivity index (χ0) is 30.0. The first-order valence-corrected chi connectivity index (χ1v) is 14.0. The quantitative estimate of drug-likeness (QED) is 0.145. The normalized spacial score (nSPS) is 14.2. The lowest BCUT2D eigenvalue weighted by atomic mass is 10.1. The minimum Gasteiger partial charge on any atom is -0.507 e. The molecule has 1 fully saturated rings. The zero-order valence-electron chi connectivity index (χ0n) is 23.7. The van der Waals surface area contributed by atoms with Crippen molar-refractivity contribution in [3.05, 3.63) is 108 Å². The predicted octanol–water partition coefficient (Wildman–Crippen LogP) is 4.16. The van der Waals surface area contributed by atoms with Crippen LogP contribution in [0.2, 0.25) is 0 Å². The second-order valence-corrected chi connectivity index (χ2v) is 10.1. The lowest BCUT2D eigenvalue weighted by Gasteiger charge is -2.33. The van der Waals surface area contributed by atoms with Gasteiger partial charge in [-0.2, -0.15) is 10.1 Å². The van der Waals surface area contributed by atoms with E-state index in [1.54, 1.807) is 24.3 Å². The number of rotatable bonds is 12. The standard InChI is InChI=1S/C32H33FN6O4/c1-2-4-24-5-3-6-26(31(24)41)19-34-36-29(40)20-38-15-17-39(18-16-38)21-30-35-32(37-43-30)25-9-7-23(8-10-25)22-42-28-13-11-27(33)12-14-28/h2-3,5-14,19,41H,1,4,15-18,20-22H2,(H,36,40). The second-order valence-electron chi connectivity index (χ2n) is 10.1. The molecule has 0 aliphatic carbocycles. The Morgan fingerprint density at radius 1 is 1.07 bits per heavy atom. The first kappa shape index (κ1) is 29.6. The maximum absolute atomic E-state index is 13.1. The lowest BCUT2D eigenvalue weighted by Crippen LogP contribution is -2.48. The summed E-state index contributed by atoms with van der Waals surface area (Å²) in [7, 11) is 0. The molecule has 2 heterocycles. The van der Waals surface area contributed by atoms with Gasteiger partial charge in [-0.3, -0.25) is 14.6 Å². The van der Waals surface area contributed by atoms with E-state index in [1.165, 1.54) is 18.3 Å². The average molecular weight is 585 g/mol. The number of para-hydroxylation sites is 1. The van der Waals surface area contributed by atoms with Gasteiger partial charge in [0.1, 0.15) is 23.9 Å². The minimum absolute atomic E-state index is 0.132. The van der Waals surface area contributed by atoms with Crippen LogP contribution in [0.5, 0.6) is 11.5 Å². The summed E-state index contributed by atoms with van der Waals surface area (Å²) in [6, 6.07) is 19.0. The summed E-state index contributed by atoms with van der Waals surface area (Å²) in [5.41, 5.74) is 5.61. The molecular formula is C32H33FN6O4. The molecule has 10 nitrogen and oxygen atoms in total. The maximum Gasteiger partial charge on any atom is 0.254 e. The van der Waals surface area contributed by atoms with Crippen LogP contribution < -0.4 is 10.2 Å². The Kier molecular flexibility index (Phi) is 9.88. The number of nitrogens with one attached hydrogen (secondary N) is 1. The van der Waals surface area contributed by atoms with E-state index in [-0.39, 0.29) is 24.0 Å². The molecule has 0 spiro atoms. The second kappa shape index (κ2) is 14.3. The summed E-state index contributed by atoms with van der Waals surface area (Å²) in [5.74, 6) is 1.25. The van der Waals surface area contributed by atoms with E-state index in [1.807, 2.05) is 36.4 Å². The lowest BCUT2D eigenvalue weighted by molar-refractivity contribution is -0.122. The van der Waals surface area contributed by atoms with Gasteiger partial charge in [0.2, 0.25) is 11.7 Å². The fourth-order valence-corrected chi connectivity index (χ4v) is 4.63. The highest BCUT2D eigenvalue weighted by Gasteiger charge is 2.21. The molecule has 1 aliphatic heterocycles. The van der Waals surface area contributed by atoms with Crippen molar-refractivity contribution in [3.63, 3.8) is 0 Å². The van der Waals surface area contributed by atoms with Crippen LogP contribution in [0.3, 0.4) is 0 Å². The molecule has 0 saturated carbocycles. The molecule has 1 saturated heterocycles. The number of hydrazone groups is 1. The van der Waals surface area contributed by atoms with Gasteiger partial charge in [-0.1, -0.05) is 47.6 Å². The molecule has 3 aromatic carbocycles. The van der Waals surface area contributed by atoms with Crippen LogP contribution in [0.25, 0.3) is 11.4 Å². The van der Waals surface area contributed by atoms with Crippen LogP contribution in [0.15, 0.2) is 89.0 Å². The van der Waals surface area contributed by atoms with Gasteiger partial charge in [0.05, 0.1) is 19.3 Å². The fraction of sp³-hybridized carbons (Fsp3) is 0.250. The van der Waals surface area contributed by atoms with Crippen LogP contribution in [-0.2, 0) is 24.4 Å². The van der Waals surface area contributed by atoms with Gasteiger partial charge < -0.3 is 14.4 Å². The molecule has 43 heavy (non-hydrogen) atoms. The van der Waals surface area contributed by atoms with Crippen molar-refractivity contribution < 1.29 is 23.6 Å². The first-order valence-electron chi connectivity index (χ1n) is 14.0. The molecule has 1 amide bonds. The Bertz CT molecular complexity index is 1550. The SMILES string of the molecule is C=CCc1cccc(C=NNC(=O)CN2CCN(Cc3nc(-c4ccc(COc5ccc(F)cc5)cc4)no3)CC2)c1O. The van der Waals surface area contributed by atoms with E-state index in [0.717, 1.165) is 29.8 Å². The highest BCUT2D eigenvalue weighted by molar-refractivity contribution is 5.86. The summed E-state index contributed by atoms with van der Waals surface area (Å²) < 4.78 is 24.2. The molecular weight excluding hydrogens is 551 g/mol. The Balaban J connectivity index is 1.03.